The van der Waals surface area contributed by atoms with E-state index in [1.54, 1.807) is 12.4 Å². The van der Waals surface area contributed by atoms with Gasteiger partial charge in [0, 0.05) is 42.6 Å². The molecule has 2 nitrogen and oxygen atoms in total. The third kappa shape index (κ3) is 3.15. The Hall–Kier alpha value is -1.25. The summed E-state index contributed by atoms with van der Waals surface area (Å²) in [7, 11) is 2.03. The highest BCUT2D eigenvalue weighted by atomic mass is 35.5. The third-order valence-corrected chi connectivity index (χ3v) is 3.43. The number of benzene rings is 1. The molecule has 94 valence electrons. The van der Waals surface area contributed by atoms with E-state index in [4.69, 9.17) is 23.2 Å². The average molecular weight is 281 g/mol. The van der Waals surface area contributed by atoms with E-state index in [1.807, 2.05) is 37.4 Å². The van der Waals surface area contributed by atoms with Gasteiger partial charge in [0.2, 0.25) is 0 Å². The van der Waals surface area contributed by atoms with Gasteiger partial charge in [0.05, 0.1) is 0 Å². The van der Waals surface area contributed by atoms with Crippen molar-refractivity contribution in [2.75, 3.05) is 11.9 Å². The van der Waals surface area contributed by atoms with Crippen LogP contribution >= 0.6 is 23.2 Å². The first kappa shape index (κ1) is 13.2. The molecule has 0 fully saturated rings. The highest BCUT2D eigenvalue weighted by molar-refractivity contribution is 6.32. The summed E-state index contributed by atoms with van der Waals surface area (Å²) in [6, 6.07) is 9.95. The van der Waals surface area contributed by atoms with Gasteiger partial charge < -0.3 is 4.90 Å². The molecule has 18 heavy (non-hydrogen) atoms. The molecule has 4 heteroatoms. The molecule has 0 aliphatic carbocycles. The average Bonchev–Trinajstić information content (AvgIpc) is 2.39. The molecular weight excluding hydrogens is 267 g/mol. The van der Waals surface area contributed by atoms with E-state index in [2.05, 4.69) is 9.88 Å². The molecule has 0 spiro atoms. The number of hydrogen-bond donors (Lipinski definition) is 0. The number of aromatic nitrogens is 1. The summed E-state index contributed by atoms with van der Waals surface area (Å²) in [5.74, 6) is 0.438. The fraction of sp³-hybridized carbons (Fsp3) is 0.214. The summed E-state index contributed by atoms with van der Waals surface area (Å²) in [5, 5.41) is 0.712. The van der Waals surface area contributed by atoms with Crippen LogP contribution < -0.4 is 4.90 Å². The van der Waals surface area contributed by atoms with E-state index >= 15 is 0 Å². The van der Waals surface area contributed by atoms with E-state index in [9.17, 15) is 0 Å². The zero-order chi connectivity index (χ0) is 13.0. The van der Waals surface area contributed by atoms with Gasteiger partial charge in [-0.3, -0.25) is 4.98 Å². The number of alkyl halides is 1. The molecule has 2 rings (SSSR count). The van der Waals surface area contributed by atoms with Crippen LogP contribution in [0.1, 0.15) is 11.1 Å². The summed E-state index contributed by atoms with van der Waals surface area (Å²) in [6.45, 7) is 0.819. The van der Waals surface area contributed by atoms with Gasteiger partial charge in [-0.1, -0.05) is 17.7 Å². The molecule has 0 atom stereocenters. The predicted molar refractivity (Wildman–Crippen MR) is 77.4 cm³/mol. The second kappa shape index (κ2) is 6.07. The zero-order valence-corrected chi connectivity index (χ0v) is 11.6. The van der Waals surface area contributed by atoms with Gasteiger partial charge in [0.1, 0.15) is 0 Å². The van der Waals surface area contributed by atoms with Crippen LogP contribution in [0.3, 0.4) is 0 Å². The number of halogens is 2. The number of hydrogen-bond acceptors (Lipinski definition) is 2. The van der Waals surface area contributed by atoms with Gasteiger partial charge in [-0.15, -0.1) is 11.6 Å². The normalized spacial score (nSPS) is 10.4. The first-order valence-corrected chi connectivity index (χ1v) is 6.56. The second-order valence-corrected chi connectivity index (χ2v) is 4.80. The Morgan fingerprint density at radius 1 is 1.17 bits per heavy atom. The van der Waals surface area contributed by atoms with E-state index in [1.165, 1.54) is 5.56 Å². The van der Waals surface area contributed by atoms with Crippen LogP contribution in [0, 0.1) is 0 Å². The zero-order valence-electron chi connectivity index (χ0n) is 10.1. The van der Waals surface area contributed by atoms with Crippen molar-refractivity contribution in [3.05, 3.63) is 58.9 Å². The Morgan fingerprint density at radius 2 is 1.89 bits per heavy atom. The fourth-order valence-corrected chi connectivity index (χ4v) is 2.28. The summed E-state index contributed by atoms with van der Waals surface area (Å²) in [5.41, 5.74) is 3.25. The molecule has 0 aliphatic rings. The molecule has 2 aromatic rings. The Kier molecular flexibility index (Phi) is 4.45. The van der Waals surface area contributed by atoms with E-state index in [0.29, 0.717) is 10.9 Å². The quantitative estimate of drug-likeness (QED) is 0.784. The van der Waals surface area contributed by atoms with Crippen molar-refractivity contribution in [1.29, 1.82) is 0 Å². The molecule has 0 unspecified atom stereocenters. The standard InChI is InChI=1S/C14H14Cl2N2/c1-18(10-11-4-6-17-7-5-11)13-3-2-12(9-15)14(16)8-13/h2-8H,9-10H2,1H3. The number of anilines is 1. The van der Waals surface area contributed by atoms with Crippen molar-refractivity contribution in [3.8, 4) is 0 Å². The number of nitrogens with zero attached hydrogens (tertiary/aromatic N) is 2. The van der Waals surface area contributed by atoms with Crippen LogP contribution in [0.15, 0.2) is 42.7 Å². The molecule has 0 N–H and O–H groups in total. The maximum Gasteiger partial charge on any atom is 0.0488 e. The van der Waals surface area contributed by atoms with Crippen molar-refractivity contribution in [1.82, 2.24) is 4.98 Å². The molecule has 1 aromatic carbocycles. The van der Waals surface area contributed by atoms with E-state index in [0.717, 1.165) is 17.8 Å². The molecule has 0 bridgehead atoms. The summed E-state index contributed by atoms with van der Waals surface area (Å²) in [6.07, 6.45) is 3.60. The lowest BCUT2D eigenvalue weighted by Gasteiger charge is -2.20. The topological polar surface area (TPSA) is 16.1 Å². The minimum absolute atomic E-state index is 0.438. The first-order valence-electron chi connectivity index (χ1n) is 5.65. The third-order valence-electron chi connectivity index (χ3n) is 2.79. The lowest BCUT2D eigenvalue weighted by molar-refractivity contribution is 0.919. The van der Waals surface area contributed by atoms with Gasteiger partial charge in [-0.05, 0) is 35.4 Å². The minimum atomic E-state index is 0.438. The monoisotopic (exact) mass is 280 g/mol. The Morgan fingerprint density at radius 3 is 2.50 bits per heavy atom. The van der Waals surface area contributed by atoms with Crippen molar-refractivity contribution >= 4 is 28.9 Å². The van der Waals surface area contributed by atoms with Crippen LogP contribution in [-0.4, -0.2) is 12.0 Å². The Bertz CT molecular complexity index is 514. The van der Waals surface area contributed by atoms with Gasteiger partial charge in [0.25, 0.3) is 0 Å². The van der Waals surface area contributed by atoms with Crippen LogP contribution in [0.25, 0.3) is 0 Å². The molecule has 0 aliphatic heterocycles. The van der Waals surface area contributed by atoms with E-state index in [-0.39, 0.29) is 0 Å². The van der Waals surface area contributed by atoms with Crippen molar-refractivity contribution < 1.29 is 0 Å². The summed E-state index contributed by atoms with van der Waals surface area (Å²) in [4.78, 5) is 6.15. The lowest BCUT2D eigenvalue weighted by Crippen LogP contribution is -2.16. The highest BCUT2D eigenvalue weighted by Crippen LogP contribution is 2.25. The molecular formula is C14H14Cl2N2. The van der Waals surface area contributed by atoms with Gasteiger partial charge in [0.15, 0.2) is 0 Å². The number of rotatable bonds is 4. The van der Waals surface area contributed by atoms with Gasteiger partial charge in [-0.25, -0.2) is 0 Å². The molecule has 0 amide bonds. The lowest BCUT2D eigenvalue weighted by atomic mass is 10.2. The Balaban J connectivity index is 2.14. The summed E-state index contributed by atoms with van der Waals surface area (Å²) < 4.78 is 0. The fourth-order valence-electron chi connectivity index (χ4n) is 1.74. The van der Waals surface area contributed by atoms with Crippen molar-refractivity contribution in [2.45, 2.75) is 12.4 Å². The SMILES string of the molecule is CN(Cc1ccncc1)c1ccc(CCl)c(Cl)c1. The van der Waals surface area contributed by atoms with Crippen molar-refractivity contribution in [3.63, 3.8) is 0 Å². The highest BCUT2D eigenvalue weighted by Gasteiger charge is 2.05. The van der Waals surface area contributed by atoms with Crippen LogP contribution in [0.2, 0.25) is 5.02 Å². The Labute approximate surface area is 117 Å². The molecule has 1 heterocycles. The largest absolute Gasteiger partial charge is 0.370 e. The maximum atomic E-state index is 6.16. The minimum Gasteiger partial charge on any atom is -0.370 e. The van der Waals surface area contributed by atoms with Gasteiger partial charge >= 0.3 is 0 Å². The van der Waals surface area contributed by atoms with Crippen LogP contribution in [0.4, 0.5) is 5.69 Å². The van der Waals surface area contributed by atoms with Crippen LogP contribution in [-0.2, 0) is 12.4 Å². The number of pyridine rings is 1. The first-order chi connectivity index (χ1) is 8.70. The molecule has 0 saturated heterocycles. The van der Waals surface area contributed by atoms with Crippen molar-refractivity contribution in [2.24, 2.45) is 0 Å². The molecule has 1 aromatic heterocycles. The smallest absolute Gasteiger partial charge is 0.0488 e. The van der Waals surface area contributed by atoms with E-state index < -0.39 is 0 Å². The second-order valence-electron chi connectivity index (χ2n) is 4.12. The predicted octanol–water partition coefficient (Wildman–Crippen LogP) is 4.11. The van der Waals surface area contributed by atoms with Gasteiger partial charge in [-0.2, -0.15) is 0 Å². The maximum absolute atomic E-state index is 6.16. The molecule has 0 radical (unpaired) electrons. The molecule has 0 saturated carbocycles. The summed E-state index contributed by atoms with van der Waals surface area (Å²) >= 11 is 11.9. The van der Waals surface area contributed by atoms with Crippen LogP contribution in [0.5, 0.6) is 0 Å².